The van der Waals surface area contributed by atoms with E-state index in [1.54, 1.807) is 12.4 Å². The van der Waals surface area contributed by atoms with Crippen LogP contribution in [0.4, 0.5) is 5.69 Å². The van der Waals surface area contributed by atoms with Crippen LogP contribution in [0.1, 0.15) is 18.1 Å². The molecule has 0 saturated heterocycles. The smallest absolute Gasteiger partial charge is 0.0699 e. The zero-order valence-corrected chi connectivity index (χ0v) is 15.5. The van der Waals surface area contributed by atoms with Gasteiger partial charge in [-0.2, -0.15) is 5.10 Å². The highest BCUT2D eigenvalue weighted by atomic mass is 15.3. The van der Waals surface area contributed by atoms with Crippen LogP contribution in [0, 0.1) is 0 Å². The molecule has 6 nitrogen and oxygen atoms in total. The molecule has 0 fully saturated rings. The molecular weight excluding hydrogens is 336 g/mol. The van der Waals surface area contributed by atoms with Crippen molar-refractivity contribution in [1.82, 2.24) is 20.1 Å². The van der Waals surface area contributed by atoms with Gasteiger partial charge in [0.1, 0.15) is 0 Å². The molecule has 6 heteroatoms. The second kappa shape index (κ2) is 9.45. The summed E-state index contributed by atoms with van der Waals surface area (Å²) < 4.78 is 1.87. The zero-order valence-electron chi connectivity index (χ0n) is 15.5. The molecule has 2 heterocycles. The quantitative estimate of drug-likeness (QED) is 0.348. The summed E-state index contributed by atoms with van der Waals surface area (Å²) in [6.07, 6.45) is 10.3. The molecule has 0 atom stereocenters. The summed E-state index contributed by atoms with van der Waals surface area (Å²) in [7, 11) is 0. The maximum absolute atomic E-state index is 4.46. The lowest BCUT2D eigenvalue weighted by Gasteiger charge is -2.06. The summed E-state index contributed by atoms with van der Waals surface area (Å²) in [5.74, 6) is 0. The fourth-order valence-electron chi connectivity index (χ4n) is 2.66. The van der Waals surface area contributed by atoms with Gasteiger partial charge >= 0.3 is 0 Å². The summed E-state index contributed by atoms with van der Waals surface area (Å²) in [6.45, 7) is 7.15. The van der Waals surface area contributed by atoms with Crippen LogP contribution in [0.15, 0.2) is 72.3 Å². The van der Waals surface area contributed by atoms with E-state index in [1.807, 2.05) is 41.4 Å². The highest BCUT2D eigenvalue weighted by Gasteiger charge is 2.05. The minimum Gasteiger partial charge on any atom is -0.372 e. The Kier molecular flexibility index (Phi) is 6.49. The van der Waals surface area contributed by atoms with Gasteiger partial charge in [0.05, 0.1) is 24.2 Å². The van der Waals surface area contributed by atoms with E-state index in [-0.39, 0.29) is 0 Å². The van der Waals surface area contributed by atoms with E-state index in [1.165, 1.54) is 5.56 Å². The largest absolute Gasteiger partial charge is 0.372 e. The molecule has 2 aromatic heterocycles. The first-order chi connectivity index (χ1) is 13.3. The van der Waals surface area contributed by atoms with Crippen LogP contribution in [0.3, 0.4) is 0 Å². The van der Waals surface area contributed by atoms with Crippen molar-refractivity contribution in [2.75, 3.05) is 18.5 Å². The molecule has 0 saturated carbocycles. The van der Waals surface area contributed by atoms with Crippen molar-refractivity contribution in [3.63, 3.8) is 0 Å². The fraction of sp³-hybridized carbons (Fsp3) is 0.190. The molecule has 0 radical (unpaired) electrons. The van der Waals surface area contributed by atoms with E-state index in [4.69, 9.17) is 0 Å². The highest BCUT2D eigenvalue weighted by molar-refractivity contribution is 5.67. The van der Waals surface area contributed by atoms with Crippen LogP contribution >= 0.6 is 0 Å². The Labute approximate surface area is 159 Å². The van der Waals surface area contributed by atoms with Gasteiger partial charge in [-0.1, -0.05) is 19.1 Å². The lowest BCUT2D eigenvalue weighted by molar-refractivity contribution is 0.808. The first-order valence-corrected chi connectivity index (χ1v) is 8.96. The second-order valence-electron chi connectivity index (χ2n) is 5.99. The van der Waals surface area contributed by atoms with Gasteiger partial charge in [-0.25, -0.2) is 4.68 Å². The normalized spacial score (nSPS) is 11.4. The van der Waals surface area contributed by atoms with Crippen molar-refractivity contribution in [3.05, 3.63) is 78.4 Å². The van der Waals surface area contributed by atoms with Crippen molar-refractivity contribution in [2.45, 2.75) is 13.3 Å². The van der Waals surface area contributed by atoms with Crippen molar-refractivity contribution >= 4 is 18.1 Å². The molecule has 1 aromatic carbocycles. The number of nitrogens with one attached hydrogen (secondary N) is 2. The van der Waals surface area contributed by atoms with Gasteiger partial charge in [0.15, 0.2) is 0 Å². The molecule has 0 aliphatic carbocycles. The van der Waals surface area contributed by atoms with Crippen molar-refractivity contribution in [3.8, 4) is 5.69 Å². The molecule has 27 heavy (non-hydrogen) atoms. The molecule has 0 unspecified atom stereocenters. The maximum atomic E-state index is 4.46. The van der Waals surface area contributed by atoms with Crippen LogP contribution in [0.5, 0.6) is 0 Å². The minimum atomic E-state index is 0.647. The SMILES string of the molecule is C=N/C(=C\CNCNc1ccncc1)c1cnn(-c2cccc(CC)c2)c1. The Morgan fingerprint density at radius 1 is 1.26 bits per heavy atom. The molecule has 0 amide bonds. The first-order valence-electron chi connectivity index (χ1n) is 8.96. The van der Waals surface area contributed by atoms with E-state index in [2.05, 4.69) is 57.5 Å². The fourth-order valence-corrected chi connectivity index (χ4v) is 2.66. The topological polar surface area (TPSA) is 67.1 Å². The van der Waals surface area contributed by atoms with Crippen LogP contribution in [-0.4, -0.2) is 34.7 Å². The first kappa shape index (κ1) is 18.5. The van der Waals surface area contributed by atoms with Gasteiger partial charge in [-0.3, -0.25) is 15.3 Å². The predicted octanol–water partition coefficient (Wildman–Crippen LogP) is 3.53. The third-order valence-corrected chi connectivity index (χ3v) is 4.17. The Bertz CT molecular complexity index is 898. The molecular formula is C21H24N6. The average molecular weight is 360 g/mol. The number of aliphatic imine (C=N–C) groups is 1. The molecule has 0 aliphatic rings. The number of aryl methyl sites for hydroxylation is 1. The van der Waals surface area contributed by atoms with Crippen molar-refractivity contribution < 1.29 is 0 Å². The van der Waals surface area contributed by atoms with Crippen LogP contribution < -0.4 is 10.6 Å². The van der Waals surface area contributed by atoms with E-state index >= 15 is 0 Å². The van der Waals surface area contributed by atoms with Gasteiger partial charge in [0.2, 0.25) is 0 Å². The van der Waals surface area contributed by atoms with Gasteiger partial charge in [-0.15, -0.1) is 0 Å². The van der Waals surface area contributed by atoms with Crippen LogP contribution in [0.25, 0.3) is 11.4 Å². The lowest BCUT2D eigenvalue weighted by Crippen LogP contribution is -2.22. The summed E-state index contributed by atoms with van der Waals surface area (Å²) in [6, 6.07) is 12.2. The van der Waals surface area contributed by atoms with E-state index in [0.717, 1.165) is 29.1 Å². The monoisotopic (exact) mass is 360 g/mol. The highest BCUT2D eigenvalue weighted by Crippen LogP contribution is 2.17. The summed E-state index contributed by atoms with van der Waals surface area (Å²) in [4.78, 5) is 8.14. The molecule has 0 spiro atoms. The van der Waals surface area contributed by atoms with Crippen LogP contribution in [-0.2, 0) is 6.42 Å². The Morgan fingerprint density at radius 2 is 2.11 bits per heavy atom. The third kappa shape index (κ3) is 5.12. The molecule has 3 aromatic rings. The molecule has 2 N–H and O–H groups in total. The number of pyridine rings is 1. The lowest BCUT2D eigenvalue weighted by atomic mass is 10.1. The average Bonchev–Trinajstić information content (AvgIpc) is 3.21. The molecule has 0 aliphatic heterocycles. The predicted molar refractivity (Wildman–Crippen MR) is 111 cm³/mol. The molecule has 0 bridgehead atoms. The maximum Gasteiger partial charge on any atom is 0.0699 e. The minimum absolute atomic E-state index is 0.647. The number of hydrogen-bond donors (Lipinski definition) is 2. The number of aromatic nitrogens is 3. The van der Waals surface area contributed by atoms with Crippen molar-refractivity contribution in [1.29, 1.82) is 0 Å². The van der Waals surface area contributed by atoms with Gasteiger partial charge in [0.25, 0.3) is 0 Å². The number of anilines is 1. The zero-order chi connectivity index (χ0) is 18.9. The van der Waals surface area contributed by atoms with Gasteiger partial charge in [-0.05, 0) is 49.0 Å². The Hall–Kier alpha value is -3.25. The Morgan fingerprint density at radius 3 is 2.89 bits per heavy atom. The Balaban J connectivity index is 1.59. The summed E-state index contributed by atoms with van der Waals surface area (Å²) in [5.41, 5.74) is 5.11. The number of benzene rings is 1. The number of rotatable bonds is 9. The summed E-state index contributed by atoms with van der Waals surface area (Å²) >= 11 is 0. The van der Waals surface area contributed by atoms with E-state index in [9.17, 15) is 0 Å². The summed E-state index contributed by atoms with van der Waals surface area (Å²) in [5, 5.41) is 11.0. The van der Waals surface area contributed by atoms with Gasteiger partial charge < -0.3 is 5.32 Å². The standard InChI is InChI=1S/C21H24N6/c1-3-17-5-4-6-20(13-17)27-15-18(14-26-27)21(22-2)9-12-24-16-25-19-7-10-23-11-8-19/h4-11,13-15,24H,2-3,12,16H2,1H3,(H,23,25)/b21-9-. The van der Waals surface area contributed by atoms with Gasteiger partial charge in [0, 0.05) is 36.4 Å². The molecule has 3 rings (SSSR count). The molecule has 138 valence electrons. The van der Waals surface area contributed by atoms with E-state index < -0.39 is 0 Å². The van der Waals surface area contributed by atoms with E-state index in [0.29, 0.717) is 13.2 Å². The van der Waals surface area contributed by atoms with Crippen molar-refractivity contribution in [2.24, 2.45) is 4.99 Å². The third-order valence-electron chi connectivity index (χ3n) is 4.17. The number of nitrogens with zero attached hydrogens (tertiary/aromatic N) is 4. The number of hydrogen-bond acceptors (Lipinski definition) is 5. The van der Waals surface area contributed by atoms with Crippen LogP contribution in [0.2, 0.25) is 0 Å². The second-order valence-corrected chi connectivity index (χ2v) is 5.99.